The first-order valence-corrected chi connectivity index (χ1v) is 10.4. The predicted octanol–water partition coefficient (Wildman–Crippen LogP) is 3.64. The normalized spacial score (nSPS) is 15.4. The van der Waals surface area contributed by atoms with Crippen LogP contribution in [0.1, 0.15) is 18.4 Å². The van der Waals surface area contributed by atoms with Crippen molar-refractivity contribution in [1.82, 2.24) is 9.80 Å². The summed E-state index contributed by atoms with van der Waals surface area (Å²) in [6.07, 6.45) is 2.19. The van der Waals surface area contributed by atoms with E-state index in [9.17, 15) is 0 Å². The maximum atomic E-state index is 5.98. The summed E-state index contributed by atoms with van der Waals surface area (Å²) in [6, 6.07) is 18.4. The van der Waals surface area contributed by atoms with Gasteiger partial charge in [0.1, 0.15) is 5.75 Å². The van der Waals surface area contributed by atoms with Crippen molar-refractivity contribution in [2.45, 2.75) is 19.4 Å². The van der Waals surface area contributed by atoms with E-state index in [1.165, 1.54) is 5.56 Å². The number of nitrogens with two attached hydrogens (primary N) is 1. The number of unbranched alkanes of at least 4 members (excludes halogenated alkanes) is 1. The summed E-state index contributed by atoms with van der Waals surface area (Å²) in [6.45, 7) is 7.53. The van der Waals surface area contributed by atoms with Crippen LogP contribution in [0.5, 0.6) is 5.75 Å². The zero-order valence-electron chi connectivity index (χ0n) is 17.8. The van der Waals surface area contributed by atoms with Crippen molar-refractivity contribution >= 4 is 35.6 Å². The summed E-state index contributed by atoms with van der Waals surface area (Å²) < 4.78 is 5.22. The predicted molar refractivity (Wildman–Crippen MR) is 136 cm³/mol. The van der Waals surface area contributed by atoms with Crippen molar-refractivity contribution in [2.75, 3.05) is 51.7 Å². The molecule has 0 spiro atoms. The van der Waals surface area contributed by atoms with Crippen LogP contribution in [0.3, 0.4) is 0 Å². The Morgan fingerprint density at radius 3 is 2.47 bits per heavy atom. The summed E-state index contributed by atoms with van der Waals surface area (Å²) in [5.74, 6) is 1.25. The van der Waals surface area contributed by atoms with Crippen molar-refractivity contribution < 1.29 is 4.74 Å². The van der Waals surface area contributed by atoms with E-state index < -0.39 is 0 Å². The lowest BCUT2D eigenvalue weighted by atomic mass is 10.2. The summed E-state index contributed by atoms with van der Waals surface area (Å²) >= 11 is 0. The fourth-order valence-electron chi connectivity index (χ4n) is 3.55. The molecule has 0 aliphatic carbocycles. The van der Waals surface area contributed by atoms with Crippen molar-refractivity contribution in [3.05, 3.63) is 60.2 Å². The monoisotopic (exact) mass is 523 g/mol. The first kappa shape index (κ1) is 24.4. The van der Waals surface area contributed by atoms with Gasteiger partial charge in [-0.25, -0.2) is 0 Å². The minimum atomic E-state index is 0. The fraction of sp³-hybridized carbons (Fsp3) is 0.435. The maximum absolute atomic E-state index is 5.98. The zero-order valence-corrected chi connectivity index (χ0v) is 20.1. The number of benzene rings is 2. The highest BCUT2D eigenvalue weighted by Gasteiger charge is 2.16. The third-order valence-electron chi connectivity index (χ3n) is 5.22. The van der Waals surface area contributed by atoms with Crippen molar-refractivity contribution in [3.8, 4) is 5.75 Å². The van der Waals surface area contributed by atoms with Gasteiger partial charge in [-0.15, -0.1) is 24.0 Å². The third-order valence-corrected chi connectivity index (χ3v) is 5.22. The molecule has 1 saturated heterocycles. The zero-order chi connectivity index (χ0) is 20.3. The Bertz CT molecular complexity index is 763. The van der Waals surface area contributed by atoms with E-state index >= 15 is 0 Å². The molecule has 0 bridgehead atoms. The molecule has 0 saturated carbocycles. The van der Waals surface area contributed by atoms with E-state index in [1.807, 2.05) is 24.3 Å². The molecule has 7 heteroatoms. The van der Waals surface area contributed by atoms with Gasteiger partial charge in [0.25, 0.3) is 0 Å². The molecule has 30 heavy (non-hydrogen) atoms. The summed E-state index contributed by atoms with van der Waals surface area (Å²) in [5.41, 5.74) is 8.27. The molecular formula is C23H34IN5O. The van der Waals surface area contributed by atoms with Gasteiger partial charge in [0.05, 0.1) is 7.11 Å². The summed E-state index contributed by atoms with van der Waals surface area (Å²) in [5, 5.41) is 3.11. The van der Waals surface area contributed by atoms with Gasteiger partial charge in [0.2, 0.25) is 0 Å². The number of aliphatic imine (C=N–C) groups is 1. The second-order valence-electron chi connectivity index (χ2n) is 7.43. The molecule has 0 atom stereocenters. The molecule has 0 amide bonds. The van der Waals surface area contributed by atoms with Crippen LogP contribution in [-0.2, 0) is 6.54 Å². The molecule has 0 unspecified atom stereocenters. The van der Waals surface area contributed by atoms with Gasteiger partial charge in [-0.2, -0.15) is 0 Å². The number of guanidine groups is 1. The Balaban J connectivity index is 0.00000320. The van der Waals surface area contributed by atoms with Crippen LogP contribution in [0.2, 0.25) is 0 Å². The van der Waals surface area contributed by atoms with Gasteiger partial charge in [-0.05, 0) is 37.1 Å². The Labute approximate surface area is 197 Å². The van der Waals surface area contributed by atoms with Gasteiger partial charge >= 0.3 is 0 Å². The number of nitrogens with zero attached hydrogens (tertiary/aromatic N) is 3. The number of anilines is 1. The molecule has 3 N–H and O–H groups in total. The van der Waals surface area contributed by atoms with Gasteiger partial charge in [-0.1, -0.05) is 36.4 Å². The molecule has 2 aromatic carbocycles. The van der Waals surface area contributed by atoms with Gasteiger partial charge in [-0.3, -0.25) is 9.89 Å². The Kier molecular flexibility index (Phi) is 11.0. The minimum Gasteiger partial charge on any atom is -0.497 e. The number of ether oxygens (including phenoxy) is 1. The van der Waals surface area contributed by atoms with E-state index in [1.54, 1.807) is 7.11 Å². The maximum Gasteiger partial charge on any atom is 0.193 e. The Morgan fingerprint density at radius 2 is 1.73 bits per heavy atom. The Hall–Kier alpha value is -1.84. The van der Waals surface area contributed by atoms with Crippen molar-refractivity contribution in [3.63, 3.8) is 0 Å². The number of hydrogen-bond acceptors (Lipinski definition) is 4. The van der Waals surface area contributed by atoms with E-state index in [2.05, 4.69) is 50.4 Å². The fourth-order valence-corrected chi connectivity index (χ4v) is 3.55. The number of nitrogens with one attached hydrogen (secondary N) is 1. The second kappa shape index (κ2) is 13.5. The number of methoxy groups -OCH3 is 1. The van der Waals surface area contributed by atoms with Crippen LogP contribution < -0.4 is 15.8 Å². The van der Waals surface area contributed by atoms with Crippen LogP contribution in [0.4, 0.5) is 5.69 Å². The number of hydrogen-bond donors (Lipinski definition) is 2. The lowest BCUT2D eigenvalue weighted by molar-refractivity contribution is 0.126. The third kappa shape index (κ3) is 8.49. The molecule has 6 nitrogen and oxygen atoms in total. The lowest BCUT2D eigenvalue weighted by Gasteiger charge is -2.34. The molecule has 1 aliphatic rings. The van der Waals surface area contributed by atoms with Crippen LogP contribution in [-0.4, -0.2) is 62.1 Å². The van der Waals surface area contributed by atoms with Gasteiger partial charge < -0.3 is 20.7 Å². The topological polar surface area (TPSA) is 66.1 Å². The number of piperazine rings is 1. The lowest BCUT2D eigenvalue weighted by Crippen LogP contribution is -2.46. The highest BCUT2D eigenvalue weighted by atomic mass is 127. The highest BCUT2D eigenvalue weighted by molar-refractivity contribution is 14.0. The van der Waals surface area contributed by atoms with Gasteiger partial charge in [0.15, 0.2) is 5.96 Å². The van der Waals surface area contributed by atoms with Crippen LogP contribution in [0, 0.1) is 0 Å². The van der Waals surface area contributed by atoms with Crippen LogP contribution in [0.15, 0.2) is 59.6 Å². The van der Waals surface area contributed by atoms with E-state index in [-0.39, 0.29) is 24.0 Å². The van der Waals surface area contributed by atoms with Crippen molar-refractivity contribution in [1.29, 1.82) is 0 Å². The summed E-state index contributed by atoms with van der Waals surface area (Å²) in [7, 11) is 1.65. The SMILES string of the molecule is COc1cccc(NC(N)=NCCCCN2CCN(Cc3ccccc3)CC2)c1.I. The first-order chi connectivity index (χ1) is 14.2. The van der Waals surface area contributed by atoms with Crippen molar-refractivity contribution in [2.24, 2.45) is 10.7 Å². The average molecular weight is 523 g/mol. The first-order valence-electron chi connectivity index (χ1n) is 10.4. The number of halogens is 1. The largest absolute Gasteiger partial charge is 0.497 e. The molecular weight excluding hydrogens is 489 g/mol. The van der Waals surface area contributed by atoms with E-state index in [0.717, 1.165) is 70.1 Å². The molecule has 1 heterocycles. The molecule has 1 aliphatic heterocycles. The molecule has 164 valence electrons. The van der Waals surface area contributed by atoms with E-state index in [4.69, 9.17) is 10.5 Å². The quantitative estimate of drug-likeness (QED) is 0.228. The molecule has 3 rings (SSSR count). The molecule has 1 fully saturated rings. The minimum absolute atomic E-state index is 0. The summed E-state index contributed by atoms with van der Waals surface area (Å²) in [4.78, 5) is 9.53. The Morgan fingerprint density at radius 1 is 1.00 bits per heavy atom. The molecule has 2 aromatic rings. The smallest absolute Gasteiger partial charge is 0.193 e. The standard InChI is InChI=1S/C23H33N5O.HI/c1-29-22-11-7-10-21(18-22)26-23(24)25-12-5-6-13-27-14-16-28(17-15-27)19-20-8-3-2-4-9-20;/h2-4,7-11,18H,5-6,12-17,19H2,1H3,(H3,24,25,26);1H. The van der Waals surface area contributed by atoms with Crippen LogP contribution in [0.25, 0.3) is 0 Å². The highest BCUT2D eigenvalue weighted by Crippen LogP contribution is 2.16. The van der Waals surface area contributed by atoms with E-state index in [0.29, 0.717) is 5.96 Å². The second-order valence-corrected chi connectivity index (χ2v) is 7.43. The molecule has 0 aromatic heterocycles. The van der Waals surface area contributed by atoms with Gasteiger partial charge in [0, 0.05) is 51.0 Å². The molecule has 0 radical (unpaired) electrons. The van der Waals surface area contributed by atoms with Crippen LogP contribution >= 0.6 is 24.0 Å². The number of rotatable bonds is 9. The average Bonchev–Trinajstić information content (AvgIpc) is 2.75.